The Hall–Kier alpha value is -1.49. The maximum Gasteiger partial charge on any atom is 0.243 e. The van der Waals surface area contributed by atoms with Crippen molar-refractivity contribution in [1.82, 2.24) is 9.21 Å². The molecule has 0 aliphatic carbocycles. The van der Waals surface area contributed by atoms with Crippen LogP contribution < -0.4 is 4.72 Å². The number of Topliss-reactive ketones (excluding diaryl/α,β-unsaturated/α-hetero) is 1. The fraction of sp³-hybridized carbons (Fsp3) is 0.562. The molecular weight excluding hydrogens is 378 g/mol. The second kappa shape index (κ2) is 7.63. The van der Waals surface area contributed by atoms with Crippen LogP contribution in [-0.2, 0) is 24.8 Å². The normalized spacial score (nSPS) is 22.9. The molecule has 8 nitrogen and oxygen atoms in total. The Labute approximate surface area is 155 Å². The third-order valence-corrected chi connectivity index (χ3v) is 6.80. The predicted octanol–water partition coefficient (Wildman–Crippen LogP) is 0.730. The van der Waals surface area contributed by atoms with Gasteiger partial charge in [0.15, 0.2) is 0 Å². The zero-order valence-electron chi connectivity index (χ0n) is 15.3. The molecule has 146 valence electrons. The van der Waals surface area contributed by atoms with Crippen LogP contribution in [0.4, 0.5) is 5.69 Å². The highest BCUT2D eigenvalue weighted by molar-refractivity contribution is 7.92. The quantitative estimate of drug-likeness (QED) is 0.751. The Balaban J connectivity index is 2.30. The van der Waals surface area contributed by atoms with Crippen LogP contribution in [0.1, 0.15) is 20.8 Å². The largest absolute Gasteiger partial charge is 0.299 e. The SMILES string of the molecule is CC(=O)CN1C[C@@H](C)N(S(=O)(=O)c2cccc(NS(C)(=O)=O)c2)[C@@H](C)C1. The minimum atomic E-state index is -3.80. The summed E-state index contributed by atoms with van der Waals surface area (Å²) >= 11 is 0. The summed E-state index contributed by atoms with van der Waals surface area (Å²) in [7, 11) is -7.31. The zero-order valence-corrected chi connectivity index (χ0v) is 17.0. The van der Waals surface area contributed by atoms with Gasteiger partial charge in [0, 0.05) is 30.9 Å². The number of benzene rings is 1. The van der Waals surface area contributed by atoms with E-state index in [0.29, 0.717) is 19.6 Å². The molecule has 1 aliphatic rings. The molecule has 0 aromatic heterocycles. The molecule has 26 heavy (non-hydrogen) atoms. The van der Waals surface area contributed by atoms with Crippen LogP contribution in [0.25, 0.3) is 0 Å². The molecule has 0 radical (unpaired) electrons. The molecule has 0 spiro atoms. The number of nitrogens with zero attached hydrogens (tertiary/aromatic N) is 2. The van der Waals surface area contributed by atoms with Gasteiger partial charge in [-0.3, -0.25) is 14.4 Å². The number of sulfonamides is 2. The number of hydrogen-bond acceptors (Lipinski definition) is 6. The Bertz CT molecular complexity index is 871. The highest BCUT2D eigenvalue weighted by Gasteiger charge is 2.38. The van der Waals surface area contributed by atoms with Crippen molar-refractivity contribution in [3.63, 3.8) is 0 Å². The second-order valence-electron chi connectivity index (χ2n) is 6.83. The molecule has 2 rings (SSSR count). The van der Waals surface area contributed by atoms with Gasteiger partial charge in [0.1, 0.15) is 5.78 Å². The summed E-state index contributed by atoms with van der Waals surface area (Å²) < 4.78 is 52.7. The number of nitrogens with one attached hydrogen (secondary N) is 1. The lowest BCUT2D eigenvalue weighted by Gasteiger charge is -2.43. The number of anilines is 1. The third kappa shape index (κ3) is 5.03. The summed E-state index contributed by atoms with van der Waals surface area (Å²) in [5, 5.41) is 0. The van der Waals surface area contributed by atoms with Crippen LogP contribution in [0.15, 0.2) is 29.2 Å². The minimum absolute atomic E-state index is 0.0323. The number of carbonyl (C=O) groups excluding carboxylic acids is 1. The van der Waals surface area contributed by atoms with Crippen LogP contribution in [0.3, 0.4) is 0 Å². The van der Waals surface area contributed by atoms with Gasteiger partial charge >= 0.3 is 0 Å². The highest BCUT2D eigenvalue weighted by atomic mass is 32.2. The summed E-state index contributed by atoms with van der Waals surface area (Å²) in [5.74, 6) is 0.0419. The smallest absolute Gasteiger partial charge is 0.243 e. The molecule has 1 heterocycles. The van der Waals surface area contributed by atoms with Crippen molar-refractivity contribution in [1.29, 1.82) is 0 Å². The van der Waals surface area contributed by atoms with E-state index in [0.717, 1.165) is 6.26 Å². The van der Waals surface area contributed by atoms with E-state index >= 15 is 0 Å². The van der Waals surface area contributed by atoms with E-state index < -0.39 is 20.0 Å². The van der Waals surface area contributed by atoms with Crippen molar-refractivity contribution in [3.8, 4) is 0 Å². The molecule has 2 atom stereocenters. The van der Waals surface area contributed by atoms with Crippen molar-refractivity contribution in [2.75, 3.05) is 30.6 Å². The van der Waals surface area contributed by atoms with Crippen LogP contribution in [-0.4, -0.2) is 69.8 Å². The summed E-state index contributed by atoms with van der Waals surface area (Å²) in [4.78, 5) is 13.3. The lowest BCUT2D eigenvalue weighted by molar-refractivity contribution is -0.118. The molecule has 10 heteroatoms. The first-order valence-electron chi connectivity index (χ1n) is 8.23. The van der Waals surface area contributed by atoms with Gasteiger partial charge in [0.2, 0.25) is 20.0 Å². The van der Waals surface area contributed by atoms with E-state index in [-0.39, 0.29) is 28.4 Å². The number of piperazine rings is 1. The third-order valence-electron chi connectivity index (χ3n) is 4.07. The van der Waals surface area contributed by atoms with Gasteiger partial charge in [0.05, 0.1) is 17.7 Å². The van der Waals surface area contributed by atoms with E-state index in [1.807, 2.05) is 4.90 Å². The summed E-state index contributed by atoms with van der Waals surface area (Å²) in [6, 6.07) is 5.14. The van der Waals surface area contributed by atoms with Crippen LogP contribution in [0.5, 0.6) is 0 Å². The topological polar surface area (TPSA) is 104 Å². The fourth-order valence-electron chi connectivity index (χ4n) is 3.39. The van der Waals surface area contributed by atoms with Gasteiger partial charge in [-0.2, -0.15) is 4.31 Å². The lowest BCUT2D eigenvalue weighted by atomic mass is 10.1. The molecule has 1 aliphatic heterocycles. The molecule has 1 saturated heterocycles. The minimum Gasteiger partial charge on any atom is -0.299 e. The van der Waals surface area contributed by atoms with Crippen molar-refractivity contribution in [3.05, 3.63) is 24.3 Å². The molecule has 1 N–H and O–H groups in total. The zero-order chi connectivity index (χ0) is 19.7. The Morgan fingerprint density at radius 3 is 2.23 bits per heavy atom. The molecule has 0 amide bonds. The Morgan fingerprint density at radius 1 is 1.15 bits per heavy atom. The number of ketones is 1. The molecular formula is C16H25N3O5S2. The maximum absolute atomic E-state index is 13.1. The van der Waals surface area contributed by atoms with E-state index in [9.17, 15) is 21.6 Å². The number of hydrogen-bond donors (Lipinski definition) is 1. The first-order chi connectivity index (χ1) is 11.9. The Kier molecular flexibility index (Phi) is 6.11. The monoisotopic (exact) mass is 403 g/mol. The molecule has 1 aromatic carbocycles. The molecule has 0 unspecified atom stereocenters. The standard InChI is InChI=1S/C16H25N3O5S2/c1-12-9-18(11-14(3)20)10-13(2)19(12)26(23,24)16-7-5-6-15(8-16)17-25(4,21)22/h5-8,12-13,17H,9-11H2,1-4H3/t12-,13+. The van der Waals surface area contributed by atoms with Gasteiger partial charge in [0.25, 0.3) is 0 Å². The van der Waals surface area contributed by atoms with Crippen LogP contribution in [0.2, 0.25) is 0 Å². The molecule has 0 saturated carbocycles. The molecule has 1 fully saturated rings. The maximum atomic E-state index is 13.1. The highest BCUT2D eigenvalue weighted by Crippen LogP contribution is 2.27. The van der Waals surface area contributed by atoms with E-state index in [1.165, 1.54) is 35.5 Å². The second-order valence-corrected chi connectivity index (χ2v) is 10.4. The van der Waals surface area contributed by atoms with Crippen LogP contribution in [0, 0.1) is 0 Å². The van der Waals surface area contributed by atoms with Gasteiger partial charge in [-0.25, -0.2) is 16.8 Å². The van der Waals surface area contributed by atoms with Gasteiger partial charge in [-0.05, 0) is 39.0 Å². The number of carbonyl (C=O) groups is 1. The first kappa shape index (κ1) is 20.8. The van der Waals surface area contributed by atoms with Crippen molar-refractivity contribution in [2.45, 2.75) is 37.8 Å². The first-order valence-corrected chi connectivity index (χ1v) is 11.6. The Morgan fingerprint density at radius 2 is 1.73 bits per heavy atom. The summed E-state index contributed by atoms with van der Waals surface area (Å²) in [5.41, 5.74) is 0.198. The molecule has 0 bridgehead atoms. The predicted molar refractivity (Wildman–Crippen MR) is 100.0 cm³/mol. The summed E-state index contributed by atoms with van der Waals surface area (Å²) in [6.07, 6.45) is 1.01. The van der Waals surface area contributed by atoms with Crippen molar-refractivity contribution in [2.24, 2.45) is 0 Å². The van der Waals surface area contributed by atoms with Crippen molar-refractivity contribution < 1.29 is 21.6 Å². The van der Waals surface area contributed by atoms with E-state index in [4.69, 9.17) is 0 Å². The van der Waals surface area contributed by atoms with E-state index in [2.05, 4.69) is 4.72 Å². The fourth-order valence-corrected chi connectivity index (χ4v) is 5.80. The van der Waals surface area contributed by atoms with Gasteiger partial charge in [-0.1, -0.05) is 6.07 Å². The number of rotatable bonds is 6. The van der Waals surface area contributed by atoms with Crippen LogP contribution >= 0.6 is 0 Å². The average Bonchev–Trinajstić information content (AvgIpc) is 2.43. The summed E-state index contributed by atoms with van der Waals surface area (Å²) in [6.45, 7) is 6.35. The van der Waals surface area contributed by atoms with E-state index in [1.54, 1.807) is 13.8 Å². The molecule has 1 aromatic rings. The van der Waals surface area contributed by atoms with Gasteiger partial charge in [-0.15, -0.1) is 0 Å². The van der Waals surface area contributed by atoms with Crippen molar-refractivity contribution >= 4 is 31.5 Å². The average molecular weight is 404 g/mol. The van der Waals surface area contributed by atoms with Gasteiger partial charge < -0.3 is 0 Å². The lowest BCUT2D eigenvalue weighted by Crippen LogP contribution is -2.58.